The minimum atomic E-state index is -0.327. The summed E-state index contributed by atoms with van der Waals surface area (Å²) in [4.78, 5) is 22.5. The number of fused-ring (bicyclic) bond motifs is 1. The first-order valence-corrected chi connectivity index (χ1v) is 11.5. The Labute approximate surface area is 198 Å². The van der Waals surface area contributed by atoms with Crippen molar-refractivity contribution < 1.29 is 18.4 Å². The summed E-state index contributed by atoms with van der Waals surface area (Å²) < 4.78 is 25.7. The maximum Gasteiger partial charge on any atom is 0.226 e. The van der Waals surface area contributed by atoms with E-state index in [4.69, 9.17) is 9.26 Å². The topological polar surface area (TPSA) is 94.5 Å². The van der Waals surface area contributed by atoms with Crippen LogP contribution in [0.2, 0.25) is 0 Å². The van der Waals surface area contributed by atoms with Crippen LogP contribution >= 0.6 is 11.3 Å². The standard InChI is InChI=1S/C24H20FN5O3S/c1-32-18-11-7-16(8-12-18)22-27-20(33-29-22)4-2-3-19(31)26-23-21(15-5-9-17(25)10-6-15)28-24-30(23)13-14-34-24/h5-14H,2-4H2,1H3,(H,26,31). The summed E-state index contributed by atoms with van der Waals surface area (Å²) in [5, 5.41) is 8.86. The molecule has 1 N–H and O–H groups in total. The quantitative estimate of drug-likeness (QED) is 0.329. The van der Waals surface area contributed by atoms with Gasteiger partial charge in [0.25, 0.3) is 0 Å². The summed E-state index contributed by atoms with van der Waals surface area (Å²) >= 11 is 1.46. The summed E-state index contributed by atoms with van der Waals surface area (Å²) in [6.07, 6.45) is 3.12. The molecule has 0 unspecified atom stereocenters. The Morgan fingerprint density at radius 3 is 2.65 bits per heavy atom. The summed E-state index contributed by atoms with van der Waals surface area (Å²) in [6, 6.07) is 13.4. The zero-order valence-corrected chi connectivity index (χ0v) is 19.0. The first-order chi connectivity index (χ1) is 16.6. The molecule has 8 nitrogen and oxygen atoms in total. The predicted molar refractivity (Wildman–Crippen MR) is 126 cm³/mol. The van der Waals surface area contributed by atoms with Crippen molar-refractivity contribution in [3.63, 3.8) is 0 Å². The number of carbonyl (C=O) groups excluding carboxylic acids is 1. The number of aryl methyl sites for hydroxylation is 1. The molecule has 0 spiro atoms. The van der Waals surface area contributed by atoms with Crippen LogP contribution in [0.25, 0.3) is 27.6 Å². The molecule has 0 aliphatic carbocycles. The Hall–Kier alpha value is -4.05. The van der Waals surface area contributed by atoms with Crippen LogP contribution in [-0.4, -0.2) is 32.5 Å². The number of nitrogens with one attached hydrogen (secondary N) is 1. The Morgan fingerprint density at radius 2 is 1.88 bits per heavy atom. The number of anilines is 1. The number of rotatable bonds is 8. The zero-order chi connectivity index (χ0) is 23.5. The van der Waals surface area contributed by atoms with Gasteiger partial charge in [-0.25, -0.2) is 9.37 Å². The summed E-state index contributed by atoms with van der Waals surface area (Å²) in [5.41, 5.74) is 2.15. The van der Waals surface area contributed by atoms with Crippen LogP contribution < -0.4 is 10.1 Å². The van der Waals surface area contributed by atoms with Gasteiger partial charge in [0.15, 0.2) is 4.96 Å². The van der Waals surface area contributed by atoms with Gasteiger partial charge in [0.2, 0.25) is 17.6 Å². The second-order valence-electron chi connectivity index (χ2n) is 7.51. The van der Waals surface area contributed by atoms with Crippen LogP contribution in [-0.2, 0) is 11.2 Å². The molecule has 0 radical (unpaired) electrons. The van der Waals surface area contributed by atoms with Crippen molar-refractivity contribution in [3.8, 4) is 28.4 Å². The van der Waals surface area contributed by atoms with Gasteiger partial charge >= 0.3 is 0 Å². The fourth-order valence-electron chi connectivity index (χ4n) is 3.52. The van der Waals surface area contributed by atoms with E-state index >= 15 is 0 Å². The molecule has 0 saturated carbocycles. The second kappa shape index (κ2) is 9.44. The fourth-order valence-corrected chi connectivity index (χ4v) is 4.24. The van der Waals surface area contributed by atoms with Crippen molar-refractivity contribution >= 4 is 28.0 Å². The number of carbonyl (C=O) groups is 1. The first-order valence-electron chi connectivity index (χ1n) is 10.6. The maximum atomic E-state index is 13.4. The van der Waals surface area contributed by atoms with E-state index in [-0.39, 0.29) is 18.1 Å². The van der Waals surface area contributed by atoms with Crippen LogP contribution in [0.1, 0.15) is 18.7 Å². The van der Waals surface area contributed by atoms with E-state index in [9.17, 15) is 9.18 Å². The van der Waals surface area contributed by atoms with Gasteiger partial charge in [-0.2, -0.15) is 4.98 Å². The molecular weight excluding hydrogens is 457 g/mol. The number of methoxy groups -OCH3 is 1. The third-order valence-electron chi connectivity index (χ3n) is 5.25. The number of hydrogen-bond acceptors (Lipinski definition) is 7. The highest BCUT2D eigenvalue weighted by molar-refractivity contribution is 7.15. The predicted octanol–water partition coefficient (Wildman–Crippen LogP) is 5.22. The van der Waals surface area contributed by atoms with E-state index in [2.05, 4.69) is 20.4 Å². The van der Waals surface area contributed by atoms with E-state index in [0.29, 0.717) is 36.1 Å². The van der Waals surface area contributed by atoms with E-state index in [0.717, 1.165) is 21.8 Å². The minimum Gasteiger partial charge on any atom is -0.497 e. The van der Waals surface area contributed by atoms with Gasteiger partial charge < -0.3 is 14.6 Å². The smallest absolute Gasteiger partial charge is 0.226 e. The van der Waals surface area contributed by atoms with E-state index in [1.165, 1.54) is 23.5 Å². The van der Waals surface area contributed by atoms with Crippen LogP contribution in [0.15, 0.2) is 64.6 Å². The molecule has 0 bridgehead atoms. The van der Waals surface area contributed by atoms with Gasteiger partial charge in [0.1, 0.15) is 23.1 Å². The molecule has 3 heterocycles. The third kappa shape index (κ3) is 4.53. The Morgan fingerprint density at radius 1 is 1.12 bits per heavy atom. The van der Waals surface area contributed by atoms with Gasteiger partial charge in [-0.1, -0.05) is 5.16 Å². The molecule has 5 rings (SSSR count). The van der Waals surface area contributed by atoms with Crippen molar-refractivity contribution in [2.75, 3.05) is 12.4 Å². The summed E-state index contributed by atoms with van der Waals surface area (Å²) in [5.74, 6) is 1.78. The van der Waals surface area contributed by atoms with Crippen LogP contribution in [0.4, 0.5) is 10.2 Å². The van der Waals surface area contributed by atoms with E-state index in [1.807, 2.05) is 40.2 Å². The number of nitrogens with zero attached hydrogens (tertiary/aromatic N) is 4. The molecule has 172 valence electrons. The van der Waals surface area contributed by atoms with Crippen LogP contribution in [0.3, 0.4) is 0 Å². The largest absolute Gasteiger partial charge is 0.497 e. The van der Waals surface area contributed by atoms with Crippen molar-refractivity contribution in [2.24, 2.45) is 0 Å². The highest BCUT2D eigenvalue weighted by Gasteiger charge is 2.18. The highest BCUT2D eigenvalue weighted by atomic mass is 32.1. The number of halogens is 1. The summed E-state index contributed by atoms with van der Waals surface area (Å²) in [7, 11) is 1.61. The molecule has 10 heteroatoms. The first kappa shape index (κ1) is 21.8. The number of benzene rings is 2. The molecule has 0 aliphatic heterocycles. The molecule has 0 fully saturated rings. The maximum absolute atomic E-state index is 13.4. The molecule has 2 aromatic carbocycles. The normalized spacial score (nSPS) is 11.1. The third-order valence-corrected chi connectivity index (χ3v) is 6.00. The fraction of sp³-hybridized carbons (Fsp3) is 0.167. The van der Waals surface area contributed by atoms with Gasteiger partial charge in [0, 0.05) is 35.5 Å². The molecule has 5 aromatic rings. The van der Waals surface area contributed by atoms with Gasteiger partial charge in [-0.05, 0) is 55.0 Å². The molecule has 1 amide bonds. The Bertz CT molecular complexity index is 1420. The molecule has 3 aromatic heterocycles. The Balaban J connectivity index is 1.22. The number of ether oxygens (including phenoxy) is 1. The van der Waals surface area contributed by atoms with Crippen molar-refractivity contribution in [1.82, 2.24) is 19.5 Å². The average molecular weight is 478 g/mol. The molecule has 0 aliphatic rings. The van der Waals surface area contributed by atoms with E-state index in [1.54, 1.807) is 19.2 Å². The van der Waals surface area contributed by atoms with E-state index < -0.39 is 0 Å². The minimum absolute atomic E-state index is 0.161. The lowest BCUT2D eigenvalue weighted by Crippen LogP contribution is -2.13. The molecule has 0 saturated heterocycles. The lowest BCUT2D eigenvalue weighted by atomic mass is 10.1. The number of hydrogen-bond donors (Lipinski definition) is 1. The zero-order valence-electron chi connectivity index (χ0n) is 18.2. The monoisotopic (exact) mass is 477 g/mol. The van der Waals surface area contributed by atoms with Gasteiger partial charge in [-0.15, -0.1) is 11.3 Å². The van der Waals surface area contributed by atoms with Crippen molar-refractivity contribution in [1.29, 1.82) is 0 Å². The number of thiazole rings is 1. The van der Waals surface area contributed by atoms with Gasteiger partial charge in [-0.3, -0.25) is 9.20 Å². The SMILES string of the molecule is COc1ccc(-c2noc(CCCC(=O)Nc3c(-c4ccc(F)cc4)nc4sccn34)n2)cc1. The van der Waals surface area contributed by atoms with Crippen molar-refractivity contribution in [3.05, 3.63) is 71.8 Å². The Kier molecular flexibility index (Phi) is 6.05. The molecular formula is C24H20FN5O3S. The molecule has 34 heavy (non-hydrogen) atoms. The van der Waals surface area contributed by atoms with Crippen LogP contribution in [0, 0.1) is 5.82 Å². The number of aromatic nitrogens is 4. The van der Waals surface area contributed by atoms with Crippen LogP contribution in [0.5, 0.6) is 5.75 Å². The average Bonchev–Trinajstić information content (AvgIpc) is 3.58. The summed E-state index contributed by atoms with van der Waals surface area (Å²) in [6.45, 7) is 0. The number of imidazole rings is 1. The van der Waals surface area contributed by atoms with Gasteiger partial charge in [0.05, 0.1) is 7.11 Å². The second-order valence-corrected chi connectivity index (χ2v) is 8.39. The molecule has 0 atom stereocenters. The highest BCUT2D eigenvalue weighted by Crippen LogP contribution is 2.31. The van der Waals surface area contributed by atoms with Crippen molar-refractivity contribution in [2.45, 2.75) is 19.3 Å². The lowest BCUT2D eigenvalue weighted by Gasteiger charge is -2.07. The lowest BCUT2D eigenvalue weighted by molar-refractivity contribution is -0.116. The number of amides is 1.